The number of carbonyl (C=O) groups is 3. The number of hydrogen-bond acceptors (Lipinski definition) is 4. The number of nitrogens with one attached hydrogen (secondary N) is 2. The molecule has 8 heteroatoms. The first-order valence-corrected chi connectivity index (χ1v) is 12.0. The van der Waals surface area contributed by atoms with Crippen LogP contribution in [0.2, 0.25) is 0 Å². The van der Waals surface area contributed by atoms with E-state index in [-0.39, 0.29) is 48.0 Å². The Morgan fingerprint density at radius 1 is 1.00 bits per heavy atom. The molecule has 34 heavy (non-hydrogen) atoms. The molecule has 0 spiro atoms. The Labute approximate surface area is 197 Å². The smallest absolute Gasteiger partial charge is 0.251 e. The molecule has 1 unspecified atom stereocenters. The average Bonchev–Trinajstić information content (AvgIpc) is 3.67. The van der Waals surface area contributed by atoms with Gasteiger partial charge in [-0.15, -0.1) is 0 Å². The molecule has 0 saturated heterocycles. The lowest BCUT2D eigenvalue weighted by atomic mass is 9.91. The third-order valence-electron chi connectivity index (χ3n) is 7.01. The zero-order chi connectivity index (χ0) is 23.8. The van der Waals surface area contributed by atoms with Gasteiger partial charge in [-0.05, 0) is 74.4 Å². The molecule has 178 valence electrons. The summed E-state index contributed by atoms with van der Waals surface area (Å²) in [5.74, 6) is -0.984. The van der Waals surface area contributed by atoms with Crippen molar-refractivity contribution < 1.29 is 18.8 Å². The monoisotopic (exact) mass is 464 g/mol. The van der Waals surface area contributed by atoms with Gasteiger partial charge in [0, 0.05) is 23.6 Å². The first-order chi connectivity index (χ1) is 16.4. The fourth-order valence-electron chi connectivity index (χ4n) is 4.91. The molecule has 7 nitrogen and oxygen atoms in total. The first kappa shape index (κ1) is 22.5. The molecule has 2 saturated carbocycles. The summed E-state index contributed by atoms with van der Waals surface area (Å²) in [6, 6.07) is 10.7. The molecule has 1 atom stereocenters. The van der Waals surface area contributed by atoms with E-state index in [1.165, 1.54) is 12.1 Å². The number of nitrogens with zero attached hydrogens (tertiary/aromatic N) is 1. The Morgan fingerprint density at radius 2 is 1.71 bits per heavy atom. The van der Waals surface area contributed by atoms with E-state index >= 15 is 0 Å². The van der Waals surface area contributed by atoms with Crippen molar-refractivity contribution in [2.45, 2.75) is 63.1 Å². The van der Waals surface area contributed by atoms with Crippen molar-refractivity contribution in [2.75, 3.05) is 10.2 Å². The second-order valence-corrected chi connectivity index (χ2v) is 9.62. The minimum absolute atomic E-state index is 0.0443. The van der Waals surface area contributed by atoms with Crippen LogP contribution in [0.1, 0.15) is 66.9 Å². The average molecular weight is 465 g/mol. The summed E-state index contributed by atoms with van der Waals surface area (Å²) in [6.45, 7) is 0. The van der Waals surface area contributed by atoms with Crippen LogP contribution in [0.4, 0.5) is 15.8 Å². The van der Waals surface area contributed by atoms with E-state index in [1.54, 1.807) is 35.2 Å². The van der Waals surface area contributed by atoms with Gasteiger partial charge in [0.1, 0.15) is 5.82 Å². The SMILES string of the molecule is NC1CCC(NC(=O)c2ccc3c(c2)NC(=O)CC(c2ccc(F)cc2)N3C(=O)C2CC2)CC1. The summed E-state index contributed by atoms with van der Waals surface area (Å²) < 4.78 is 13.5. The van der Waals surface area contributed by atoms with Gasteiger partial charge in [-0.1, -0.05) is 12.1 Å². The third kappa shape index (κ3) is 4.68. The highest BCUT2D eigenvalue weighted by Gasteiger charge is 2.40. The number of benzene rings is 2. The van der Waals surface area contributed by atoms with Crippen molar-refractivity contribution in [3.63, 3.8) is 0 Å². The Kier molecular flexibility index (Phi) is 6.08. The van der Waals surface area contributed by atoms with Gasteiger partial charge in [0.05, 0.1) is 23.8 Å². The Bertz CT molecular complexity index is 1110. The van der Waals surface area contributed by atoms with Crippen molar-refractivity contribution in [2.24, 2.45) is 11.7 Å². The van der Waals surface area contributed by atoms with Crippen LogP contribution in [0.15, 0.2) is 42.5 Å². The van der Waals surface area contributed by atoms with E-state index in [0.717, 1.165) is 38.5 Å². The van der Waals surface area contributed by atoms with Crippen molar-refractivity contribution in [1.82, 2.24) is 5.32 Å². The minimum atomic E-state index is -0.555. The van der Waals surface area contributed by atoms with Crippen LogP contribution in [0.5, 0.6) is 0 Å². The van der Waals surface area contributed by atoms with Gasteiger partial charge in [-0.3, -0.25) is 14.4 Å². The lowest BCUT2D eigenvalue weighted by molar-refractivity contribution is -0.120. The molecule has 3 aliphatic rings. The van der Waals surface area contributed by atoms with Gasteiger partial charge in [0.25, 0.3) is 5.91 Å². The highest BCUT2D eigenvalue weighted by Crippen LogP contribution is 2.43. The van der Waals surface area contributed by atoms with E-state index in [2.05, 4.69) is 10.6 Å². The summed E-state index contributed by atoms with van der Waals surface area (Å²) in [5.41, 5.74) is 8.06. The standard InChI is InChI=1S/C26H29FN4O3/c27-18-6-3-15(4-7-18)23-14-24(32)30-21-13-17(25(33)29-20-10-8-19(28)9-11-20)5-12-22(21)31(23)26(34)16-1-2-16/h3-7,12-13,16,19-20,23H,1-2,8-11,14,28H2,(H,29,33)(H,30,32). The maximum absolute atomic E-state index is 13.5. The second kappa shape index (κ2) is 9.18. The van der Waals surface area contributed by atoms with Crippen molar-refractivity contribution >= 4 is 29.1 Å². The number of anilines is 2. The first-order valence-electron chi connectivity index (χ1n) is 12.0. The molecule has 0 bridgehead atoms. The van der Waals surface area contributed by atoms with E-state index in [9.17, 15) is 18.8 Å². The van der Waals surface area contributed by atoms with E-state index in [4.69, 9.17) is 5.73 Å². The van der Waals surface area contributed by atoms with Crippen LogP contribution in [0, 0.1) is 11.7 Å². The van der Waals surface area contributed by atoms with Crippen molar-refractivity contribution in [3.8, 4) is 0 Å². The molecule has 0 aromatic heterocycles. The molecular formula is C26H29FN4O3. The van der Waals surface area contributed by atoms with E-state index in [0.29, 0.717) is 22.5 Å². The quantitative estimate of drug-likeness (QED) is 0.642. The molecule has 5 rings (SSSR count). The van der Waals surface area contributed by atoms with E-state index < -0.39 is 6.04 Å². The predicted molar refractivity (Wildman–Crippen MR) is 127 cm³/mol. The molecule has 2 aromatic carbocycles. The molecule has 4 N–H and O–H groups in total. The van der Waals surface area contributed by atoms with Gasteiger partial charge in [0.2, 0.25) is 11.8 Å². The second-order valence-electron chi connectivity index (χ2n) is 9.62. The molecule has 2 aromatic rings. The highest BCUT2D eigenvalue weighted by molar-refractivity contribution is 6.07. The summed E-state index contributed by atoms with van der Waals surface area (Å²) in [4.78, 5) is 40.8. The molecule has 1 aliphatic heterocycles. The lowest BCUT2D eigenvalue weighted by Gasteiger charge is -2.31. The molecule has 2 fully saturated rings. The Morgan fingerprint density at radius 3 is 2.38 bits per heavy atom. The number of halogens is 1. The zero-order valence-corrected chi connectivity index (χ0v) is 18.9. The Hall–Kier alpha value is -3.26. The van der Waals surface area contributed by atoms with Crippen LogP contribution in [-0.2, 0) is 9.59 Å². The van der Waals surface area contributed by atoms with E-state index in [1.807, 2.05) is 0 Å². The molecule has 0 radical (unpaired) electrons. The number of rotatable bonds is 4. The number of nitrogens with two attached hydrogens (primary N) is 1. The van der Waals surface area contributed by atoms with Crippen LogP contribution in [0.25, 0.3) is 0 Å². The fraction of sp³-hybridized carbons (Fsp3) is 0.423. The minimum Gasteiger partial charge on any atom is -0.349 e. The number of carbonyl (C=O) groups excluding carboxylic acids is 3. The summed E-state index contributed by atoms with van der Waals surface area (Å²) >= 11 is 0. The van der Waals surface area contributed by atoms with Gasteiger partial charge in [-0.25, -0.2) is 4.39 Å². The Balaban J connectivity index is 1.46. The normalized spacial score (nSPS) is 24.6. The molecule has 1 heterocycles. The van der Waals surface area contributed by atoms with Gasteiger partial charge in [0.15, 0.2) is 0 Å². The molecule has 2 aliphatic carbocycles. The van der Waals surface area contributed by atoms with Crippen LogP contribution in [0.3, 0.4) is 0 Å². The molecular weight excluding hydrogens is 435 g/mol. The number of hydrogen-bond donors (Lipinski definition) is 3. The number of amides is 3. The summed E-state index contributed by atoms with van der Waals surface area (Å²) in [7, 11) is 0. The van der Waals surface area contributed by atoms with Crippen molar-refractivity contribution in [1.29, 1.82) is 0 Å². The maximum Gasteiger partial charge on any atom is 0.251 e. The topological polar surface area (TPSA) is 105 Å². The largest absolute Gasteiger partial charge is 0.349 e. The number of fused-ring (bicyclic) bond motifs is 1. The summed E-state index contributed by atoms with van der Waals surface area (Å²) in [6.07, 6.45) is 5.13. The zero-order valence-electron chi connectivity index (χ0n) is 18.9. The molecule has 3 amide bonds. The van der Waals surface area contributed by atoms with Crippen LogP contribution >= 0.6 is 0 Å². The highest BCUT2D eigenvalue weighted by atomic mass is 19.1. The van der Waals surface area contributed by atoms with Gasteiger partial charge < -0.3 is 21.3 Å². The lowest BCUT2D eigenvalue weighted by Crippen LogP contribution is -2.40. The third-order valence-corrected chi connectivity index (χ3v) is 7.01. The predicted octanol–water partition coefficient (Wildman–Crippen LogP) is 3.65. The van der Waals surface area contributed by atoms with Gasteiger partial charge >= 0.3 is 0 Å². The summed E-state index contributed by atoms with van der Waals surface area (Å²) in [5, 5.41) is 5.95. The van der Waals surface area contributed by atoms with Crippen LogP contribution in [-0.4, -0.2) is 29.8 Å². The maximum atomic E-state index is 13.5. The van der Waals surface area contributed by atoms with Crippen molar-refractivity contribution in [3.05, 3.63) is 59.4 Å². The van der Waals surface area contributed by atoms with Gasteiger partial charge in [-0.2, -0.15) is 0 Å². The van der Waals surface area contributed by atoms with Crippen LogP contribution < -0.4 is 21.3 Å². The fourth-order valence-corrected chi connectivity index (χ4v) is 4.91.